The van der Waals surface area contributed by atoms with Gasteiger partial charge in [-0.25, -0.2) is 9.97 Å². The summed E-state index contributed by atoms with van der Waals surface area (Å²) in [6.07, 6.45) is 1.77. The Labute approximate surface area is 121 Å². The van der Waals surface area contributed by atoms with Crippen molar-refractivity contribution < 1.29 is 5.11 Å². The molecule has 0 amide bonds. The molecule has 104 valence electrons. The minimum Gasteiger partial charge on any atom is -0.396 e. The third kappa shape index (κ3) is 3.78. The summed E-state index contributed by atoms with van der Waals surface area (Å²) >= 11 is 7.48. The van der Waals surface area contributed by atoms with Gasteiger partial charge in [0, 0.05) is 13.2 Å². The van der Waals surface area contributed by atoms with E-state index in [4.69, 9.17) is 16.7 Å². The second-order valence-electron chi connectivity index (χ2n) is 5.33. The van der Waals surface area contributed by atoms with E-state index in [1.807, 2.05) is 11.4 Å². The number of nitrogens with one attached hydrogen (secondary N) is 1. The number of fused-ring (bicyclic) bond motifs is 1. The van der Waals surface area contributed by atoms with Gasteiger partial charge in [-0.3, -0.25) is 0 Å². The first-order valence-corrected chi connectivity index (χ1v) is 7.53. The Morgan fingerprint density at radius 1 is 1.42 bits per heavy atom. The van der Waals surface area contributed by atoms with Gasteiger partial charge in [0.05, 0.1) is 5.39 Å². The zero-order chi connectivity index (χ0) is 13.9. The molecule has 0 aliphatic carbocycles. The minimum absolute atomic E-state index is 0.0997. The Balaban J connectivity index is 2.11. The van der Waals surface area contributed by atoms with Crippen LogP contribution in [-0.2, 0) is 0 Å². The maximum Gasteiger partial charge on any atom is 0.225 e. The lowest BCUT2D eigenvalue weighted by Crippen LogP contribution is -2.24. The highest BCUT2D eigenvalue weighted by atomic mass is 35.5. The van der Waals surface area contributed by atoms with E-state index >= 15 is 0 Å². The lowest BCUT2D eigenvalue weighted by atomic mass is 9.88. The lowest BCUT2D eigenvalue weighted by Gasteiger charge is -2.25. The second-order valence-corrected chi connectivity index (χ2v) is 6.56. The van der Waals surface area contributed by atoms with E-state index in [-0.39, 0.29) is 17.3 Å². The average Bonchev–Trinajstić information content (AvgIpc) is 2.81. The van der Waals surface area contributed by atoms with E-state index < -0.39 is 0 Å². The van der Waals surface area contributed by atoms with Gasteiger partial charge >= 0.3 is 0 Å². The maximum absolute atomic E-state index is 8.91. The van der Waals surface area contributed by atoms with Crippen LogP contribution in [0.4, 0.5) is 5.82 Å². The quantitative estimate of drug-likeness (QED) is 0.801. The Kier molecular flexibility index (Phi) is 4.60. The Hall–Kier alpha value is -0.910. The van der Waals surface area contributed by atoms with E-state index in [0.29, 0.717) is 0 Å². The summed E-state index contributed by atoms with van der Waals surface area (Å²) < 4.78 is 0. The van der Waals surface area contributed by atoms with Gasteiger partial charge in [0.25, 0.3) is 0 Å². The highest BCUT2D eigenvalue weighted by Gasteiger charge is 2.18. The van der Waals surface area contributed by atoms with Crippen molar-refractivity contribution >= 4 is 39.0 Å². The van der Waals surface area contributed by atoms with Crippen LogP contribution in [0, 0.1) is 5.41 Å². The van der Waals surface area contributed by atoms with Crippen LogP contribution in [0.3, 0.4) is 0 Å². The first-order valence-electron chi connectivity index (χ1n) is 6.27. The molecular weight excluding hydrogens is 282 g/mol. The molecule has 0 atom stereocenters. The average molecular weight is 300 g/mol. The summed E-state index contributed by atoms with van der Waals surface area (Å²) in [5.74, 6) is 0.785. The van der Waals surface area contributed by atoms with Crippen molar-refractivity contribution in [3.05, 3.63) is 16.7 Å². The number of halogens is 1. The molecule has 4 nitrogen and oxygen atoms in total. The zero-order valence-corrected chi connectivity index (χ0v) is 12.7. The van der Waals surface area contributed by atoms with Gasteiger partial charge in [0.2, 0.25) is 5.28 Å². The van der Waals surface area contributed by atoms with Crippen LogP contribution in [0.2, 0.25) is 5.28 Å². The van der Waals surface area contributed by atoms with E-state index in [1.54, 1.807) is 11.3 Å². The van der Waals surface area contributed by atoms with E-state index in [0.717, 1.165) is 35.4 Å². The van der Waals surface area contributed by atoms with E-state index in [1.165, 1.54) is 0 Å². The third-order valence-electron chi connectivity index (χ3n) is 3.04. The highest BCUT2D eigenvalue weighted by Crippen LogP contribution is 2.28. The number of aliphatic hydroxyl groups is 1. The molecule has 2 N–H and O–H groups in total. The molecule has 6 heteroatoms. The summed E-state index contributed by atoms with van der Waals surface area (Å²) in [5.41, 5.74) is 0.0997. The van der Waals surface area contributed by atoms with Gasteiger partial charge in [0.1, 0.15) is 10.6 Å². The summed E-state index contributed by atoms with van der Waals surface area (Å²) in [7, 11) is 0. The molecule has 19 heavy (non-hydrogen) atoms. The summed E-state index contributed by atoms with van der Waals surface area (Å²) in [5, 5.41) is 15.5. The molecule has 2 rings (SSSR count). The SMILES string of the molecule is CC(C)(CCCO)CNc1nc(Cl)nc2sccc12. The lowest BCUT2D eigenvalue weighted by molar-refractivity contribution is 0.248. The monoisotopic (exact) mass is 299 g/mol. The fraction of sp³-hybridized carbons (Fsp3) is 0.538. The molecule has 0 saturated heterocycles. The van der Waals surface area contributed by atoms with Crippen molar-refractivity contribution in [2.24, 2.45) is 5.41 Å². The van der Waals surface area contributed by atoms with Gasteiger partial charge in [0.15, 0.2) is 0 Å². The smallest absolute Gasteiger partial charge is 0.225 e. The van der Waals surface area contributed by atoms with Crippen LogP contribution in [0.25, 0.3) is 10.2 Å². The van der Waals surface area contributed by atoms with Gasteiger partial charge in [-0.15, -0.1) is 11.3 Å². The molecule has 0 fully saturated rings. The van der Waals surface area contributed by atoms with Gasteiger partial charge < -0.3 is 10.4 Å². The minimum atomic E-state index is 0.0997. The topological polar surface area (TPSA) is 58.0 Å². The standard InChI is InChI=1S/C13H18ClN3OS/c1-13(2,5-3-6-18)8-15-10-9-4-7-19-11(9)17-12(14)16-10/h4,7,18H,3,5-6,8H2,1-2H3,(H,15,16,17). The summed E-state index contributed by atoms with van der Waals surface area (Å²) in [6.45, 7) is 5.36. The van der Waals surface area contributed by atoms with Crippen molar-refractivity contribution in [3.63, 3.8) is 0 Å². The molecule has 0 spiro atoms. The molecule has 0 aromatic carbocycles. The third-order valence-corrected chi connectivity index (χ3v) is 4.02. The van der Waals surface area contributed by atoms with Crippen LogP contribution < -0.4 is 5.32 Å². The van der Waals surface area contributed by atoms with Crippen molar-refractivity contribution in [1.82, 2.24) is 9.97 Å². The predicted octanol–water partition coefficient (Wildman–Crippen LogP) is 3.56. The van der Waals surface area contributed by atoms with Crippen molar-refractivity contribution in [1.29, 1.82) is 0 Å². The Morgan fingerprint density at radius 2 is 2.21 bits per heavy atom. The molecule has 2 aromatic rings. The van der Waals surface area contributed by atoms with Crippen molar-refractivity contribution in [2.45, 2.75) is 26.7 Å². The largest absolute Gasteiger partial charge is 0.396 e. The van der Waals surface area contributed by atoms with Gasteiger partial charge in [-0.2, -0.15) is 0 Å². The van der Waals surface area contributed by atoms with Crippen molar-refractivity contribution in [2.75, 3.05) is 18.5 Å². The second kappa shape index (κ2) is 6.03. The Bertz CT molecular complexity index is 556. The molecule has 2 heterocycles. The van der Waals surface area contributed by atoms with Crippen LogP contribution in [-0.4, -0.2) is 28.2 Å². The Morgan fingerprint density at radius 3 is 2.95 bits per heavy atom. The van der Waals surface area contributed by atoms with E-state index in [2.05, 4.69) is 29.1 Å². The van der Waals surface area contributed by atoms with Gasteiger partial charge in [-0.05, 0) is 41.3 Å². The van der Waals surface area contributed by atoms with E-state index in [9.17, 15) is 0 Å². The summed E-state index contributed by atoms with van der Waals surface area (Å²) in [4.78, 5) is 9.35. The molecule has 0 aliphatic rings. The van der Waals surface area contributed by atoms with Crippen LogP contribution in [0.1, 0.15) is 26.7 Å². The fourth-order valence-electron chi connectivity index (χ4n) is 1.93. The highest BCUT2D eigenvalue weighted by molar-refractivity contribution is 7.16. The molecular formula is C13H18ClN3OS. The molecule has 0 aliphatic heterocycles. The summed E-state index contributed by atoms with van der Waals surface area (Å²) in [6, 6.07) is 2.00. The number of rotatable bonds is 6. The van der Waals surface area contributed by atoms with Crippen molar-refractivity contribution in [3.8, 4) is 0 Å². The molecule has 0 unspecified atom stereocenters. The molecule has 0 radical (unpaired) electrons. The molecule has 2 aromatic heterocycles. The molecule has 0 bridgehead atoms. The van der Waals surface area contributed by atoms with Crippen LogP contribution in [0.15, 0.2) is 11.4 Å². The first kappa shape index (κ1) is 14.5. The molecule has 0 saturated carbocycles. The van der Waals surface area contributed by atoms with Crippen LogP contribution in [0.5, 0.6) is 0 Å². The fourth-order valence-corrected chi connectivity index (χ4v) is 2.92. The number of hydrogen-bond donors (Lipinski definition) is 2. The van der Waals surface area contributed by atoms with Crippen LogP contribution >= 0.6 is 22.9 Å². The maximum atomic E-state index is 8.91. The number of aromatic nitrogens is 2. The number of nitrogens with zero attached hydrogens (tertiary/aromatic N) is 2. The number of thiophene rings is 1. The predicted molar refractivity (Wildman–Crippen MR) is 81.0 cm³/mol. The first-order chi connectivity index (χ1) is 9.02. The van der Waals surface area contributed by atoms with Gasteiger partial charge in [-0.1, -0.05) is 13.8 Å². The normalized spacial score (nSPS) is 12.0. The zero-order valence-electron chi connectivity index (χ0n) is 11.1. The number of anilines is 1. The number of hydrogen-bond acceptors (Lipinski definition) is 5. The number of aliphatic hydroxyl groups excluding tert-OH is 1.